The monoisotopic (exact) mass is 247 g/mol. The van der Waals surface area contributed by atoms with Gasteiger partial charge in [0.05, 0.1) is 17.2 Å². The maximum Gasteiger partial charge on any atom is 0.181 e. The molecule has 0 unspecified atom stereocenters. The second-order valence-corrected chi connectivity index (χ2v) is 4.15. The lowest BCUT2D eigenvalue weighted by Gasteiger charge is -2.22. The van der Waals surface area contributed by atoms with E-state index in [-0.39, 0.29) is 11.5 Å². The van der Waals surface area contributed by atoms with Crippen LogP contribution in [0.15, 0.2) is 0 Å². The second-order valence-electron chi connectivity index (χ2n) is 3.39. The summed E-state index contributed by atoms with van der Waals surface area (Å²) in [6, 6.07) is 0. The number of ether oxygens (including phenoxy) is 1. The van der Waals surface area contributed by atoms with Crippen LogP contribution >= 0.6 is 23.2 Å². The minimum absolute atomic E-state index is 0.0650. The van der Waals surface area contributed by atoms with Crippen LogP contribution in [0, 0.1) is 0 Å². The molecule has 0 amide bonds. The smallest absolute Gasteiger partial charge is 0.181 e. The summed E-state index contributed by atoms with van der Waals surface area (Å²) in [4.78, 5) is 0. The summed E-state index contributed by atoms with van der Waals surface area (Å²) < 4.78 is 5.03. The van der Waals surface area contributed by atoms with Gasteiger partial charge in [0, 0.05) is 6.54 Å². The van der Waals surface area contributed by atoms with Gasteiger partial charge in [0.1, 0.15) is 0 Å². The van der Waals surface area contributed by atoms with Gasteiger partial charge in [-0.1, -0.05) is 23.2 Å². The maximum atomic E-state index is 9.77. The molecule has 82 valence electrons. The molecule has 1 aliphatic rings. The van der Waals surface area contributed by atoms with Crippen molar-refractivity contribution < 1.29 is 9.84 Å². The molecule has 0 saturated carbocycles. The van der Waals surface area contributed by atoms with Crippen LogP contribution < -0.4 is 10.1 Å². The Labute approximate surface area is 97.9 Å². The highest BCUT2D eigenvalue weighted by Crippen LogP contribution is 2.45. The number of hydrogen-bond donors (Lipinski definition) is 2. The normalized spacial score (nSPS) is 14.9. The molecule has 15 heavy (non-hydrogen) atoms. The van der Waals surface area contributed by atoms with Crippen molar-refractivity contribution in [3.63, 3.8) is 0 Å². The number of aromatic hydroxyl groups is 1. The molecule has 0 radical (unpaired) electrons. The Morgan fingerprint density at radius 2 is 2.00 bits per heavy atom. The van der Waals surface area contributed by atoms with Crippen LogP contribution in [0.5, 0.6) is 11.5 Å². The quantitative estimate of drug-likeness (QED) is 0.801. The van der Waals surface area contributed by atoms with Gasteiger partial charge >= 0.3 is 0 Å². The average Bonchev–Trinajstić information content (AvgIpc) is 2.27. The number of halogens is 2. The van der Waals surface area contributed by atoms with Crippen LogP contribution in [0.3, 0.4) is 0 Å². The van der Waals surface area contributed by atoms with Crippen molar-refractivity contribution in [3.05, 3.63) is 21.2 Å². The number of rotatable bonds is 1. The van der Waals surface area contributed by atoms with Gasteiger partial charge in [-0.3, -0.25) is 0 Å². The van der Waals surface area contributed by atoms with Crippen molar-refractivity contribution >= 4 is 23.2 Å². The van der Waals surface area contributed by atoms with Gasteiger partial charge in [-0.05, 0) is 24.1 Å². The van der Waals surface area contributed by atoms with Gasteiger partial charge in [-0.15, -0.1) is 0 Å². The molecule has 0 aliphatic carbocycles. The molecule has 3 nitrogen and oxygen atoms in total. The summed E-state index contributed by atoms with van der Waals surface area (Å²) in [7, 11) is 1.46. The molecule has 0 saturated heterocycles. The summed E-state index contributed by atoms with van der Waals surface area (Å²) in [5, 5.41) is 13.8. The molecule has 0 atom stereocenters. The molecule has 1 aromatic rings. The Kier molecular flexibility index (Phi) is 2.96. The van der Waals surface area contributed by atoms with Crippen molar-refractivity contribution in [2.24, 2.45) is 0 Å². The first-order valence-corrected chi connectivity index (χ1v) is 5.38. The van der Waals surface area contributed by atoms with Gasteiger partial charge in [-0.2, -0.15) is 0 Å². The average molecular weight is 248 g/mol. The third kappa shape index (κ3) is 1.65. The summed E-state index contributed by atoms with van der Waals surface area (Å²) in [6.45, 7) is 1.50. The summed E-state index contributed by atoms with van der Waals surface area (Å²) in [6.07, 6.45) is 0.769. The molecule has 2 N–H and O–H groups in total. The number of methoxy groups -OCH3 is 1. The van der Waals surface area contributed by atoms with E-state index in [0.29, 0.717) is 16.6 Å². The van der Waals surface area contributed by atoms with E-state index in [1.54, 1.807) is 0 Å². The maximum absolute atomic E-state index is 9.77. The van der Waals surface area contributed by atoms with E-state index in [4.69, 9.17) is 27.9 Å². The minimum Gasteiger partial charge on any atom is -0.503 e. The third-order valence-corrected chi connectivity index (χ3v) is 3.38. The zero-order valence-electron chi connectivity index (χ0n) is 8.23. The van der Waals surface area contributed by atoms with Crippen molar-refractivity contribution in [3.8, 4) is 11.5 Å². The van der Waals surface area contributed by atoms with Crippen molar-refractivity contribution in [1.29, 1.82) is 0 Å². The number of benzene rings is 1. The summed E-state index contributed by atoms with van der Waals surface area (Å²) in [5.74, 6) is 0.189. The lowest BCUT2D eigenvalue weighted by atomic mass is 10.00. The van der Waals surface area contributed by atoms with E-state index in [1.807, 2.05) is 0 Å². The number of phenolic OH excluding ortho intramolecular Hbond substituents is 1. The highest BCUT2D eigenvalue weighted by Gasteiger charge is 2.23. The standard InChI is InChI=1S/C10H11Cl2NO2/c1-15-10-8(12)6-4-13-3-2-5(6)7(11)9(10)14/h13-14H,2-4H2,1H3. The molecule has 0 fully saturated rings. The molecule has 0 aromatic heterocycles. The minimum atomic E-state index is -0.0650. The Morgan fingerprint density at radius 3 is 2.67 bits per heavy atom. The zero-order chi connectivity index (χ0) is 11.0. The molecule has 1 aromatic carbocycles. The lowest BCUT2D eigenvalue weighted by molar-refractivity contribution is 0.372. The van der Waals surface area contributed by atoms with Gasteiger partial charge in [0.2, 0.25) is 0 Å². The number of fused-ring (bicyclic) bond motifs is 1. The van der Waals surface area contributed by atoms with E-state index >= 15 is 0 Å². The van der Waals surface area contributed by atoms with Gasteiger partial charge < -0.3 is 15.2 Å². The van der Waals surface area contributed by atoms with Gasteiger partial charge in [0.25, 0.3) is 0 Å². The highest BCUT2D eigenvalue weighted by molar-refractivity contribution is 6.36. The van der Waals surface area contributed by atoms with E-state index in [9.17, 15) is 5.11 Å². The fraction of sp³-hybridized carbons (Fsp3) is 0.400. The summed E-state index contributed by atoms with van der Waals surface area (Å²) in [5.41, 5.74) is 1.83. The van der Waals surface area contributed by atoms with Gasteiger partial charge in [-0.25, -0.2) is 0 Å². The molecule has 1 heterocycles. The van der Waals surface area contributed by atoms with Crippen LogP contribution in [0.1, 0.15) is 11.1 Å². The molecule has 5 heteroatoms. The van der Waals surface area contributed by atoms with Crippen LogP contribution in [-0.4, -0.2) is 18.8 Å². The van der Waals surface area contributed by atoms with E-state index < -0.39 is 0 Å². The summed E-state index contributed by atoms with van der Waals surface area (Å²) >= 11 is 12.2. The molecule has 0 spiro atoms. The number of nitrogens with one attached hydrogen (secondary N) is 1. The molecule has 1 aliphatic heterocycles. The number of phenols is 1. The van der Waals surface area contributed by atoms with Crippen molar-refractivity contribution in [2.45, 2.75) is 13.0 Å². The third-order valence-electron chi connectivity index (χ3n) is 2.57. The first-order chi connectivity index (χ1) is 7.16. The lowest BCUT2D eigenvalue weighted by Crippen LogP contribution is -2.24. The highest BCUT2D eigenvalue weighted by atomic mass is 35.5. The SMILES string of the molecule is COc1c(O)c(Cl)c2c(c1Cl)CNCC2. The first kappa shape index (κ1) is 10.9. The Bertz CT molecular complexity index is 407. The second kappa shape index (κ2) is 4.08. The Balaban J connectivity index is 2.69. The van der Waals surface area contributed by atoms with Crippen LogP contribution in [0.25, 0.3) is 0 Å². The molecule has 0 bridgehead atoms. The Morgan fingerprint density at radius 1 is 1.27 bits per heavy atom. The zero-order valence-corrected chi connectivity index (χ0v) is 9.74. The molecular formula is C10H11Cl2NO2. The van der Waals surface area contributed by atoms with E-state index in [1.165, 1.54) is 7.11 Å². The molecular weight excluding hydrogens is 237 g/mol. The topological polar surface area (TPSA) is 41.5 Å². The predicted molar refractivity (Wildman–Crippen MR) is 60.1 cm³/mol. The van der Waals surface area contributed by atoms with Crippen molar-refractivity contribution in [2.75, 3.05) is 13.7 Å². The van der Waals surface area contributed by atoms with E-state index in [0.717, 1.165) is 24.1 Å². The van der Waals surface area contributed by atoms with Crippen LogP contribution in [-0.2, 0) is 13.0 Å². The predicted octanol–water partition coefficient (Wildman–Crippen LogP) is 2.35. The first-order valence-electron chi connectivity index (χ1n) is 4.63. The number of hydrogen-bond acceptors (Lipinski definition) is 3. The van der Waals surface area contributed by atoms with Gasteiger partial charge in [0.15, 0.2) is 11.5 Å². The Hall–Kier alpha value is -0.640. The van der Waals surface area contributed by atoms with E-state index in [2.05, 4.69) is 5.32 Å². The van der Waals surface area contributed by atoms with Crippen LogP contribution in [0.4, 0.5) is 0 Å². The molecule has 2 rings (SSSR count). The fourth-order valence-corrected chi connectivity index (χ4v) is 2.45. The largest absolute Gasteiger partial charge is 0.503 e. The van der Waals surface area contributed by atoms with Crippen LogP contribution in [0.2, 0.25) is 10.0 Å². The van der Waals surface area contributed by atoms with Crippen molar-refractivity contribution in [1.82, 2.24) is 5.32 Å². The fourth-order valence-electron chi connectivity index (χ4n) is 1.81.